The van der Waals surface area contributed by atoms with Gasteiger partial charge in [-0.15, -0.1) is 24.9 Å². The summed E-state index contributed by atoms with van der Waals surface area (Å²) in [7, 11) is 0. The fourth-order valence-corrected chi connectivity index (χ4v) is 3.42. The van der Waals surface area contributed by atoms with Crippen molar-refractivity contribution in [2.24, 2.45) is 0 Å². The van der Waals surface area contributed by atoms with Crippen LogP contribution in [0.4, 0.5) is 0 Å². The summed E-state index contributed by atoms with van der Waals surface area (Å²) in [5, 5.41) is 0. The lowest BCUT2D eigenvalue weighted by atomic mass is 10.1. The second-order valence-corrected chi connectivity index (χ2v) is 7.02. The summed E-state index contributed by atoms with van der Waals surface area (Å²) in [5.74, 6) is 0. The smallest absolute Gasteiger partial charge is 0.0143 e. The van der Waals surface area contributed by atoms with Crippen LogP contribution in [0.2, 0.25) is 0 Å². The van der Waals surface area contributed by atoms with Gasteiger partial charge in [-0.25, -0.2) is 0 Å². The van der Waals surface area contributed by atoms with Gasteiger partial charge in [-0.2, -0.15) is 0 Å². The highest BCUT2D eigenvalue weighted by Gasteiger charge is 2.27. The van der Waals surface area contributed by atoms with Gasteiger partial charge in [-0.3, -0.25) is 0 Å². The average Bonchev–Trinajstić information content (AvgIpc) is 1.82. The van der Waals surface area contributed by atoms with Crippen LogP contribution in [-0.2, 0) is 0 Å². The van der Waals surface area contributed by atoms with E-state index in [0.717, 1.165) is 12.8 Å². The maximum Gasteiger partial charge on any atom is 0.0143 e. The Morgan fingerprint density at radius 1 is 0.923 bits per heavy atom. The Bertz CT molecular complexity index is 158. The quantitative estimate of drug-likeness (QED) is 0.569. The van der Waals surface area contributed by atoms with Crippen LogP contribution in [0.1, 0.15) is 40.5 Å². The third kappa shape index (κ3) is 5.98. The van der Waals surface area contributed by atoms with Gasteiger partial charge in [0.1, 0.15) is 0 Å². The number of rotatable bonds is 6. The van der Waals surface area contributed by atoms with Gasteiger partial charge in [-0.1, -0.05) is 39.8 Å². The van der Waals surface area contributed by atoms with Crippen molar-refractivity contribution in [3.63, 3.8) is 0 Å². The van der Waals surface area contributed by atoms with Gasteiger partial charge in [0.05, 0.1) is 0 Å². The SMILES string of the molecule is C=CCC(C)(C)SC(C)(C)CC=C. The predicted octanol–water partition coefficient (Wildman–Crippen LogP) is 4.43. The lowest BCUT2D eigenvalue weighted by Crippen LogP contribution is -2.25. The van der Waals surface area contributed by atoms with Crippen molar-refractivity contribution >= 4 is 11.8 Å². The van der Waals surface area contributed by atoms with Crippen molar-refractivity contribution < 1.29 is 0 Å². The lowest BCUT2D eigenvalue weighted by molar-refractivity contribution is 0.669. The minimum Gasteiger partial charge on any atom is -0.149 e. The summed E-state index contributed by atoms with van der Waals surface area (Å²) in [4.78, 5) is 0. The summed E-state index contributed by atoms with van der Waals surface area (Å²) in [6.45, 7) is 16.6. The second-order valence-electron chi connectivity index (χ2n) is 4.61. The number of allylic oxidation sites excluding steroid dienone is 2. The predicted molar refractivity (Wildman–Crippen MR) is 65.4 cm³/mol. The Labute approximate surface area is 87.5 Å². The monoisotopic (exact) mass is 198 g/mol. The van der Waals surface area contributed by atoms with Crippen molar-refractivity contribution in [2.75, 3.05) is 0 Å². The molecule has 0 aliphatic rings. The molecule has 0 radical (unpaired) electrons. The topological polar surface area (TPSA) is 0 Å². The zero-order valence-corrected chi connectivity index (χ0v) is 10.2. The molecule has 0 aromatic heterocycles. The van der Waals surface area contributed by atoms with Crippen molar-refractivity contribution in [1.82, 2.24) is 0 Å². The van der Waals surface area contributed by atoms with Crippen molar-refractivity contribution in [3.8, 4) is 0 Å². The van der Waals surface area contributed by atoms with E-state index in [1.54, 1.807) is 0 Å². The molecule has 0 rings (SSSR count). The fourth-order valence-electron chi connectivity index (χ4n) is 1.53. The fraction of sp³-hybridized carbons (Fsp3) is 0.667. The Hall–Kier alpha value is -0.170. The van der Waals surface area contributed by atoms with Gasteiger partial charge in [-0.05, 0) is 12.8 Å². The largest absolute Gasteiger partial charge is 0.149 e. The van der Waals surface area contributed by atoms with E-state index in [1.165, 1.54) is 0 Å². The molecular weight excluding hydrogens is 176 g/mol. The average molecular weight is 198 g/mol. The molecule has 0 saturated heterocycles. The third-order valence-electron chi connectivity index (χ3n) is 1.82. The molecule has 0 heterocycles. The maximum atomic E-state index is 3.79. The summed E-state index contributed by atoms with van der Waals surface area (Å²) in [6, 6.07) is 0. The maximum absolute atomic E-state index is 3.79. The highest BCUT2D eigenvalue weighted by molar-refractivity contribution is 8.01. The molecule has 0 bridgehead atoms. The third-order valence-corrected chi connectivity index (χ3v) is 3.26. The highest BCUT2D eigenvalue weighted by Crippen LogP contribution is 2.40. The van der Waals surface area contributed by atoms with Gasteiger partial charge in [0.25, 0.3) is 0 Å². The Morgan fingerprint density at radius 2 is 1.23 bits per heavy atom. The second kappa shape index (κ2) is 4.90. The minimum absolute atomic E-state index is 0.286. The van der Waals surface area contributed by atoms with Crippen LogP contribution in [0.3, 0.4) is 0 Å². The number of thioether (sulfide) groups is 1. The first-order chi connectivity index (χ1) is 5.83. The van der Waals surface area contributed by atoms with Gasteiger partial charge < -0.3 is 0 Å². The molecule has 0 aromatic rings. The molecule has 76 valence electrons. The molecule has 0 unspecified atom stereocenters. The molecule has 13 heavy (non-hydrogen) atoms. The van der Waals surface area contributed by atoms with Crippen molar-refractivity contribution in [3.05, 3.63) is 25.3 Å². The standard InChI is InChI=1S/C12H22S/c1-7-9-11(3,4)13-12(5,6)10-8-2/h7-8H,1-2,9-10H2,3-6H3. The van der Waals surface area contributed by atoms with Crippen LogP contribution in [0.15, 0.2) is 25.3 Å². The lowest BCUT2D eigenvalue weighted by Gasteiger charge is -2.33. The molecule has 0 nitrogen and oxygen atoms in total. The first-order valence-electron chi connectivity index (χ1n) is 4.75. The van der Waals surface area contributed by atoms with Gasteiger partial charge >= 0.3 is 0 Å². The van der Waals surface area contributed by atoms with Crippen LogP contribution in [0.5, 0.6) is 0 Å². The molecular formula is C12H22S. The van der Waals surface area contributed by atoms with E-state index < -0.39 is 0 Å². The van der Waals surface area contributed by atoms with E-state index in [4.69, 9.17) is 0 Å². The molecule has 0 aromatic carbocycles. The van der Waals surface area contributed by atoms with E-state index in [0.29, 0.717) is 0 Å². The van der Waals surface area contributed by atoms with Crippen LogP contribution in [-0.4, -0.2) is 9.49 Å². The summed E-state index contributed by atoms with van der Waals surface area (Å²) < 4.78 is 0.572. The van der Waals surface area contributed by atoms with Gasteiger partial charge in [0, 0.05) is 9.49 Å². The van der Waals surface area contributed by atoms with E-state index in [9.17, 15) is 0 Å². The first kappa shape index (κ1) is 12.8. The normalized spacial score (nSPS) is 12.6. The zero-order chi connectivity index (χ0) is 10.5. The molecule has 0 fully saturated rings. The zero-order valence-electron chi connectivity index (χ0n) is 9.39. The van der Waals surface area contributed by atoms with E-state index in [-0.39, 0.29) is 9.49 Å². The molecule has 1 heteroatoms. The van der Waals surface area contributed by atoms with Crippen molar-refractivity contribution in [2.45, 2.75) is 50.0 Å². The van der Waals surface area contributed by atoms with E-state index in [1.807, 2.05) is 23.9 Å². The Kier molecular flexibility index (Phi) is 4.83. The molecule has 0 N–H and O–H groups in total. The first-order valence-corrected chi connectivity index (χ1v) is 5.56. The Balaban J connectivity index is 4.22. The van der Waals surface area contributed by atoms with Crippen LogP contribution >= 0.6 is 11.8 Å². The highest BCUT2D eigenvalue weighted by atomic mass is 32.2. The summed E-state index contributed by atoms with van der Waals surface area (Å²) >= 11 is 2.01. The molecule has 0 spiro atoms. The molecule has 0 saturated carbocycles. The van der Waals surface area contributed by atoms with Crippen LogP contribution < -0.4 is 0 Å². The van der Waals surface area contributed by atoms with Crippen LogP contribution in [0, 0.1) is 0 Å². The summed E-state index contributed by atoms with van der Waals surface area (Å²) in [6.07, 6.45) is 6.10. The number of hydrogen-bond donors (Lipinski definition) is 0. The van der Waals surface area contributed by atoms with E-state index >= 15 is 0 Å². The molecule has 0 amide bonds. The summed E-state index contributed by atoms with van der Waals surface area (Å²) in [5.41, 5.74) is 0. The van der Waals surface area contributed by atoms with Crippen LogP contribution in [0.25, 0.3) is 0 Å². The van der Waals surface area contributed by atoms with Crippen molar-refractivity contribution in [1.29, 1.82) is 0 Å². The molecule has 0 atom stereocenters. The van der Waals surface area contributed by atoms with Gasteiger partial charge in [0.2, 0.25) is 0 Å². The van der Waals surface area contributed by atoms with Gasteiger partial charge in [0.15, 0.2) is 0 Å². The van der Waals surface area contributed by atoms with E-state index in [2.05, 4.69) is 40.9 Å². The molecule has 0 aliphatic heterocycles. The minimum atomic E-state index is 0.286. The number of hydrogen-bond acceptors (Lipinski definition) is 1. The molecule has 0 aliphatic carbocycles. The Morgan fingerprint density at radius 3 is 1.46 bits per heavy atom.